The number of carbonyl (C=O) groups is 2. The van der Waals surface area contributed by atoms with Crippen LogP contribution in [0, 0.1) is 0 Å². The summed E-state index contributed by atoms with van der Waals surface area (Å²) in [5, 5.41) is 1.63. The third-order valence-corrected chi connectivity index (χ3v) is 6.42. The number of thioether (sulfide) groups is 1. The van der Waals surface area contributed by atoms with Crippen molar-refractivity contribution in [3.05, 3.63) is 69.5 Å². The van der Waals surface area contributed by atoms with E-state index in [1.165, 1.54) is 11.8 Å². The Labute approximate surface area is 188 Å². The number of halogens is 1. The minimum Gasteiger partial charge on any atom is -0.284 e. The van der Waals surface area contributed by atoms with Crippen molar-refractivity contribution in [2.45, 2.75) is 36.9 Å². The van der Waals surface area contributed by atoms with Gasteiger partial charge in [-0.05, 0) is 49.2 Å². The SMILES string of the molecule is O=C(CSc1nc2ccccc2c(=O)n1C1CCCC1)NNC(=O)c1ccc(Cl)cc1. The molecule has 0 unspecified atom stereocenters. The summed E-state index contributed by atoms with van der Waals surface area (Å²) in [6.07, 6.45) is 4.00. The van der Waals surface area contributed by atoms with E-state index in [0.29, 0.717) is 26.6 Å². The van der Waals surface area contributed by atoms with Gasteiger partial charge in [0.05, 0.1) is 16.7 Å². The first-order valence-electron chi connectivity index (χ1n) is 10.0. The third-order valence-electron chi connectivity index (χ3n) is 5.22. The van der Waals surface area contributed by atoms with Crippen molar-refractivity contribution < 1.29 is 9.59 Å². The molecule has 0 aliphatic heterocycles. The van der Waals surface area contributed by atoms with Crippen molar-refractivity contribution in [1.29, 1.82) is 0 Å². The molecule has 0 radical (unpaired) electrons. The van der Waals surface area contributed by atoms with Gasteiger partial charge in [-0.25, -0.2) is 4.98 Å². The second kappa shape index (κ2) is 9.53. The molecule has 1 heterocycles. The van der Waals surface area contributed by atoms with Crippen LogP contribution >= 0.6 is 23.4 Å². The Morgan fingerprint density at radius 1 is 1.06 bits per heavy atom. The number of fused-ring (bicyclic) bond motifs is 1. The van der Waals surface area contributed by atoms with E-state index in [4.69, 9.17) is 11.6 Å². The predicted octanol–water partition coefficient (Wildman–Crippen LogP) is 3.72. The van der Waals surface area contributed by atoms with Gasteiger partial charge >= 0.3 is 0 Å². The van der Waals surface area contributed by atoms with Crippen molar-refractivity contribution >= 4 is 46.1 Å². The highest BCUT2D eigenvalue weighted by Crippen LogP contribution is 2.32. The topological polar surface area (TPSA) is 93.1 Å². The summed E-state index contributed by atoms with van der Waals surface area (Å²) >= 11 is 7.01. The molecule has 7 nitrogen and oxygen atoms in total. The van der Waals surface area contributed by atoms with E-state index in [2.05, 4.69) is 15.8 Å². The standard InChI is InChI=1S/C22H21ClN4O3S/c23-15-11-9-14(10-12-15)20(29)26-25-19(28)13-31-22-24-18-8-4-3-7-17(18)21(30)27(22)16-5-1-2-6-16/h3-4,7-12,16H,1-2,5-6,13H2,(H,25,28)(H,26,29). The third kappa shape index (κ3) is 4.91. The van der Waals surface area contributed by atoms with E-state index in [1.807, 2.05) is 12.1 Å². The molecule has 0 saturated heterocycles. The molecule has 2 aromatic carbocycles. The van der Waals surface area contributed by atoms with Crippen LogP contribution in [0.15, 0.2) is 58.5 Å². The molecule has 0 bridgehead atoms. The van der Waals surface area contributed by atoms with Gasteiger partial charge in [-0.15, -0.1) is 0 Å². The quantitative estimate of drug-likeness (QED) is 0.347. The fraction of sp³-hybridized carbons (Fsp3) is 0.273. The summed E-state index contributed by atoms with van der Waals surface area (Å²) in [5.41, 5.74) is 5.70. The maximum Gasteiger partial charge on any atom is 0.269 e. The molecule has 0 spiro atoms. The summed E-state index contributed by atoms with van der Waals surface area (Å²) in [4.78, 5) is 42.2. The van der Waals surface area contributed by atoms with Crippen molar-refractivity contribution in [2.75, 3.05) is 5.75 Å². The van der Waals surface area contributed by atoms with Crippen LogP contribution < -0.4 is 16.4 Å². The molecule has 31 heavy (non-hydrogen) atoms. The first-order chi connectivity index (χ1) is 15.0. The molecule has 3 aromatic rings. The molecule has 4 rings (SSSR count). The Bertz CT molecular complexity index is 1170. The maximum absolute atomic E-state index is 13.1. The van der Waals surface area contributed by atoms with Gasteiger partial charge in [-0.3, -0.25) is 29.8 Å². The van der Waals surface area contributed by atoms with Crippen molar-refractivity contribution in [3.63, 3.8) is 0 Å². The monoisotopic (exact) mass is 456 g/mol. The van der Waals surface area contributed by atoms with E-state index < -0.39 is 11.8 Å². The zero-order chi connectivity index (χ0) is 21.8. The molecule has 1 aliphatic rings. The molecule has 1 aromatic heterocycles. The predicted molar refractivity (Wildman–Crippen MR) is 121 cm³/mol. The number of hydrogen-bond donors (Lipinski definition) is 2. The van der Waals surface area contributed by atoms with Crippen LogP contribution in [-0.4, -0.2) is 27.1 Å². The number of hydrogen-bond acceptors (Lipinski definition) is 5. The Hall–Kier alpha value is -2.84. The van der Waals surface area contributed by atoms with Gasteiger partial charge < -0.3 is 0 Å². The highest BCUT2D eigenvalue weighted by molar-refractivity contribution is 7.99. The lowest BCUT2D eigenvalue weighted by atomic mass is 10.2. The lowest BCUT2D eigenvalue weighted by Gasteiger charge is -2.18. The Morgan fingerprint density at radius 2 is 1.77 bits per heavy atom. The Balaban J connectivity index is 1.46. The van der Waals surface area contributed by atoms with Crippen molar-refractivity contribution in [2.24, 2.45) is 0 Å². The van der Waals surface area contributed by atoms with E-state index in [-0.39, 0.29) is 17.4 Å². The summed E-state index contributed by atoms with van der Waals surface area (Å²) in [5.74, 6) is -0.826. The largest absolute Gasteiger partial charge is 0.284 e. The fourth-order valence-electron chi connectivity index (χ4n) is 3.68. The van der Waals surface area contributed by atoms with Gasteiger partial charge in [0.1, 0.15) is 0 Å². The van der Waals surface area contributed by atoms with Crippen LogP contribution in [0.5, 0.6) is 0 Å². The number of carbonyl (C=O) groups excluding carboxylic acids is 2. The molecule has 1 aliphatic carbocycles. The minimum absolute atomic E-state index is 0.0123. The summed E-state index contributed by atoms with van der Waals surface area (Å²) in [6, 6.07) is 13.7. The molecule has 0 atom stereocenters. The summed E-state index contributed by atoms with van der Waals surface area (Å²) in [7, 11) is 0. The second-order valence-electron chi connectivity index (χ2n) is 7.32. The zero-order valence-corrected chi connectivity index (χ0v) is 18.2. The highest BCUT2D eigenvalue weighted by Gasteiger charge is 2.23. The van der Waals surface area contributed by atoms with Gasteiger partial charge in [0.15, 0.2) is 5.16 Å². The van der Waals surface area contributed by atoms with E-state index in [1.54, 1.807) is 41.0 Å². The molecule has 1 saturated carbocycles. The fourth-order valence-corrected chi connectivity index (χ4v) is 4.67. The normalized spacial score (nSPS) is 14.0. The number of aromatic nitrogens is 2. The van der Waals surface area contributed by atoms with Gasteiger partial charge in [0, 0.05) is 16.6 Å². The average molecular weight is 457 g/mol. The van der Waals surface area contributed by atoms with Crippen LogP contribution in [0.2, 0.25) is 5.02 Å². The van der Waals surface area contributed by atoms with Crippen LogP contribution in [0.25, 0.3) is 10.9 Å². The van der Waals surface area contributed by atoms with Crippen LogP contribution in [-0.2, 0) is 4.79 Å². The van der Waals surface area contributed by atoms with Crippen LogP contribution in [0.3, 0.4) is 0 Å². The maximum atomic E-state index is 13.1. The van der Waals surface area contributed by atoms with E-state index in [0.717, 1.165) is 25.7 Å². The second-order valence-corrected chi connectivity index (χ2v) is 8.70. The number of rotatable bonds is 5. The lowest BCUT2D eigenvalue weighted by molar-refractivity contribution is -0.119. The number of nitrogens with one attached hydrogen (secondary N) is 2. The van der Waals surface area contributed by atoms with Crippen LogP contribution in [0.4, 0.5) is 0 Å². The summed E-state index contributed by atoms with van der Waals surface area (Å²) < 4.78 is 1.74. The molecule has 2 N–H and O–H groups in total. The zero-order valence-electron chi connectivity index (χ0n) is 16.6. The number of amides is 2. The van der Waals surface area contributed by atoms with E-state index in [9.17, 15) is 14.4 Å². The van der Waals surface area contributed by atoms with Gasteiger partial charge in [0.25, 0.3) is 11.5 Å². The highest BCUT2D eigenvalue weighted by atomic mass is 35.5. The molecule has 160 valence electrons. The number of benzene rings is 2. The summed E-state index contributed by atoms with van der Waals surface area (Å²) in [6.45, 7) is 0. The first-order valence-corrected chi connectivity index (χ1v) is 11.4. The lowest BCUT2D eigenvalue weighted by Crippen LogP contribution is -2.42. The van der Waals surface area contributed by atoms with Crippen LogP contribution in [0.1, 0.15) is 42.1 Å². The Morgan fingerprint density at radius 3 is 2.52 bits per heavy atom. The number of nitrogens with zero attached hydrogens (tertiary/aromatic N) is 2. The van der Waals surface area contributed by atoms with E-state index >= 15 is 0 Å². The molecule has 1 fully saturated rings. The average Bonchev–Trinajstić information content (AvgIpc) is 3.31. The van der Waals surface area contributed by atoms with Gasteiger partial charge in [0.2, 0.25) is 5.91 Å². The first kappa shape index (κ1) is 21.4. The minimum atomic E-state index is -0.443. The van der Waals surface area contributed by atoms with Gasteiger partial charge in [-0.1, -0.05) is 48.3 Å². The van der Waals surface area contributed by atoms with Crippen molar-refractivity contribution in [1.82, 2.24) is 20.4 Å². The number of hydrazine groups is 1. The smallest absolute Gasteiger partial charge is 0.269 e. The molecule has 2 amide bonds. The molecular formula is C22H21ClN4O3S. The van der Waals surface area contributed by atoms with Crippen molar-refractivity contribution in [3.8, 4) is 0 Å². The number of para-hydroxylation sites is 1. The van der Waals surface area contributed by atoms with Gasteiger partial charge in [-0.2, -0.15) is 0 Å². The molecular weight excluding hydrogens is 436 g/mol. The Kier molecular flexibility index (Phi) is 6.58. The molecule has 9 heteroatoms.